The Labute approximate surface area is 134 Å². The van der Waals surface area contributed by atoms with Crippen molar-refractivity contribution in [2.75, 3.05) is 12.5 Å². The molecule has 3 N–H and O–H groups in total. The smallest absolute Gasteiger partial charge is 0.246 e. The van der Waals surface area contributed by atoms with Crippen LogP contribution >= 0.6 is 15.9 Å². The SMILES string of the molecule is CC1CCCC(N(C)S(=O)(=O)c2cc(Br)cnc2NN)C1. The molecule has 0 aliphatic heterocycles. The highest BCUT2D eigenvalue weighted by molar-refractivity contribution is 9.10. The van der Waals surface area contributed by atoms with E-state index in [9.17, 15) is 8.42 Å². The molecule has 1 heterocycles. The lowest BCUT2D eigenvalue weighted by molar-refractivity contribution is 0.239. The first-order valence-electron chi connectivity index (χ1n) is 6.96. The van der Waals surface area contributed by atoms with E-state index in [1.807, 2.05) is 0 Å². The lowest BCUT2D eigenvalue weighted by atomic mass is 9.87. The second kappa shape index (κ2) is 6.60. The molecule has 6 nitrogen and oxygen atoms in total. The molecular weight excluding hydrogens is 356 g/mol. The summed E-state index contributed by atoms with van der Waals surface area (Å²) in [5.41, 5.74) is 2.36. The van der Waals surface area contributed by atoms with Crippen LogP contribution in [0.4, 0.5) is 5.82 Å². The van der Waals surface area contributed by atoms with Crippen LogP contribution in [0.15, 0.2) is 21.6 Å². The lowest BCUT2D eigenvalue weighted by Crippen LogP contribution is -2.40. The summed E-state index contributed by atoms with van der Waals surface area (Å²) in [5, 5.41) is 0. The molecule has 0 radical (unpaired) electrons. The Morgan fingerprint density at radius 3 is 2.81 bits per heavy atom. The standard InChI is InChI=1S/C13H21BrN4O2S/c1-9-4-3-5-11(6-9)18(2)21(19,20)12-7-10(14)8-16-13(12)17-15/h7-9,11H,3-6,15H2,1-2H3,(H,16,17). The zero-order valence-electron chi connectivity index (χ0n) is 12.2. The molecule has 0 amide bonds. The fraction of sp³-hybridized carbons (Fsp3) is 0.615. The summed E-state index contributed by atoms with van der Waals surface area (Å²) in [4.78, 5) is 4.11. The first kappa shape index (κ1) is 16.7. The largest absolute Gasteiger partial charge is 0.307 e. The molecule has 2 atom stereocenters. The number of anilines is 1. The summed E-state index contributed by atoms with van der Waals surface area (Å²) in [6, 6.07) is 1.56. The highest BCUT2D eigenvalue weighted by atomic mass is 79.9. The summed E-state index contributed by atoms with van der Waals surface area (Å²) < 4.78 is 27.7. The number of hydrazine groups is 1. The lowest BCUT2D eigenvalue weighted by Gasteiger charge is -2.33. The van der Waals surface area contributed by atoms with Crippen molar-refractivity contribution in [1.29, 1.82) is 0 Å². The Hall–Kier alpha value is -0.700. The zero-order chi connectivity index (χ0) is 15.6. The van der Waals surface area contributed by atoms with Crippen LogP contribution in [0.25, 0.3) is 0 Å². The van der Waals surface area contributed by atoms with Crippen LogP contribution in [0.2, 0.25) is 0 Å². The molecule has 1 fully saturated rings. The van der Waals surface area contributed by atoms with Crippen LogP contribution < -0.4 is 11.3 Å². The summed E-state index contributed by atoms with van der Waals surface area (Å²) in [6.45, 7) is 2.17. The van der Waals surface area contributed by atoms with Crippen molar-refractivity contribution in [3.05, 3.63) is 16.7 Å². The molecule has 21 heavy (non-hydrogen) atoms. The molecule has 0 saturated heterocycles. The number of nitrogen functional groups attached to an aromatic ring is 1. The van der Waals surface area contributed by atoms with E-state index in [2.05, 4.69) is 33.3 Å². The Balaban J connectivity index is 2.35. The number of nitrogens with two attached hydrogens (primary N) is 1. The summed E-state index contributed by atoms with van der Waals surface area (Å²) in [5.74, 6) is 6.10. The molecular formula is C13H21BrN4O2S. The number of nitrogens with zero attached hydrogens (tertiary/aromatic N) is 2. The van der Waals surface area contributed by atoms with Gasteiger partial charge in [-0.3, -0.25) is 0 Å². The van der Waals surface area contributed by atoms with E-state index in [0.29, 0.717) is 10.4 Å². The van der Waals surface area contributed by atoms with Crippen LogP contribution in [0, 0.1) is 5.92 Å². The number of rotatable bonds is 4. The van der Waals surface area contributed by atoms with E-state index in [0.717, 1.165) is 19.3 Å². The fourth-order valence-corrected chi connectivity index (χ4v) is 4.82. The van der Waals surface area contributed by atoms with Crippen LogP contribution in [0.3, 0.4) is 0 Å². The Bertz CT molecular complexity index is 608. The molecule has 1 aliphatic carbocycles. The van der Waals surface area contributed by atoms with Crippen LogP contribution in [-0.4, -0.2) is 30.8 Å². The van der Waals surface area contributed by atoms with Crippen molar-refractivity contribution >= 4 is 31.8 Å². The third kappa shape index (κ3) is 3.56. The minimum absolute atomic E-state index is 0.0309. The summed E-state index contributed by atoms with van der Waals surface area (Å²) in [6.07, 6.45) is 5.52. The predicted molar refractivity (Wildman–Crippen MR) is 86.1 cm³/mol. The topological polar surface area (TPSA) is 88.3 Å². The van der Waals surface area contributed by atoms with E-state index in [1.165, 1.54) is 23.0 Å². The van der Waals surface area contributed by atoms with Crippen LogP contribution in [0.1, 0.15) is 32.6 Å². The number of hydrogen-bond acceptors (Lipinski definition) is 5. The molecule has 2 rings (SSSR count). The van der Waals surface area contributed by atoms with E-state index >= 15 is 0 Å². The number of pyridine rings is 1. The van der Waals surface area contributed by atoms with Gasteiger partial charge in [0.1, 0.15) is 4.90 Å². The van der Waals surface area contributed by atoms with Crippen LogP contribution in [0.5, 0.6) is 0 Å². The quantitative estimate of drug-likeness (QED) is 0.621. The van der Waals surface area contributed by atoms with Gasteiger partial charge < -0.3 is 5.43 Å². The molecule has 0 spiro atoms. The van der Waals surface area contributed by atoms with Crippen molar-refractivity contribution < 1.29 is 8.42 Å². The second-order valence-electron chi connectivity index (χ2n) is 5.59. The molecule has 1 aromatic rings. The van der Waals surface area contributed by atoms with Crippen molar-refractivity contribution in [2.24, 2.45) is 11.8 Å². The highest BCUT2D eigenvalue weighted by Crippen LogP contribution is 2.32. The van der Waals surface area contributed by atoms with E-state index < -0.39 is 10.0 Å². The van der Waals surface area contributed by atoms with Gasteiger partial charge >= 0.3 is 0 Å². The van der Waals surface area contributed by atoms with Gasteiger partial charge in [-0.1, -0.05) is 19.8 Å². The molecule has 118 valence electrons. The molecule has 0 aromatic carbocycles. The van der Waals surface area contributed by atoms with Gasteiger partial charge in [-0.15, -0.1) is 0 Å². The van der Waals surface area contributed by atoms with Crippen LogP contribution in [-0.2, 0) is 10.0 Å². The third-order valence-corrected chi connectivity index (χ3v) is 6.39. The number of halogens is 1. The molecule has 2 unspecified atom stereocenters. The van der Waals surface area contributed by atoms with Crippen molar-refractivity contribution in [3.63, 3.8) is 0 Å². The van der Waals surface area contributed by atoms with E-state index in [4.69, 9.17) is 5.84 Å². The van der Waals surface area contributed by atoms with E-state index in [-0.39, 0.29) is 16.8 Å². The van der Waals surface area contributed by atoms with Crippen molar-refractivity contribution in [3.8, 4) is 0 Å². The Kier molecular flexibility index (Phi) is 5.24. The maximum absolute atomic E-state index is 12.8. The average molecular weight is 377 g/mol. The van der Waals surface area contributed by atoms with Gasteiger partial charge in [-0.2, -0.15) is 4.31 Å². The Morgan fingerprint density at radius 2 is 2.19 bits per heavy atom. The summed E-state index contributed by atoms with van der Waals surface area (Å²) in [7, 11) is -1.99. The fourth-order valence-electron chi connectivity index (χ4n) is 2.81. The maximum Gasteiger partial charge on any atom is 0.246 e. The number of sulfonamides is 1. The number of aromatic nitrogens is 1. The van der Waals surface area contributed by atoms with Crippen molar-refractivity contribution in [2.45, 2.75) is 43.5 Å². The average Bonchev–Trinajstić information content (AvgIpc) is 2.46. The molecule has 1 aromatic heterocycles. The van der Waals surface area contributed by atoms with Crippen molar-refractivity contribution in [1.82, 2.24) is 9.29 Å². The minimum atomic E-state index is -3.63. The highest BCUT2D eigenvalue weighted by Gasteiger charge is 2.32. The monoisotopic (exact) mass is 376 g/mol. The van der Waals surface area contributed by atoms with Gasteiger partial charge in [0.2, 0.25) is 10.0 Å². The molecule has 1 aliphatic rings. The van der Waals surface area contributed by atoms with Gasteiger partial charge in [0.25, 0.3) is 0 Å². The zero-order valence-corrected chi connectivity index (χ0v) is 14.6. The van der Waals surface area contributed by atoms with Gasteiger partial charge in [0.15, 0.2) is 5.82 Å². The minimum Gasteiger partial charge on any atom is -0.307 e. The number of nitrogens with one attached hydrogen (secondary N) is 1. The van der Waals surface area contributed by atoms with Gasteiger partial charge in [-0.05, 0) is 40.8 Å². The first-order chi connectivity index (χ1) is 9.86. The molecule has 1 saturated carbocycles. The molecule has 8 heteroatoms. The third-order valence-electron chi connectivity index (χ3n) is 4.04. The van der Waals surface area contributed by atoms with Gasteiger partial charge in [0.05, 0.1) is 0 Å². The maximum atomic E-state index is 12.8. The predicted octanol–water partition coefficient (Wildman–Crippen LogP) is 2.33. The molecule has 0 bridgehead atoms. The second-order valence-corrected chi connectivity index (χ2v) is 8.47. The first-order valence-corrected chi connectivity index (χ1v) is 9.19. The van der Waals surface area contributed by atoms with Gasteiger partial charge in [-0.25, -0.2) is 19.2 Å². The Morgan fingerprint density at radius 1 is 1.48 bits per heavy atom. The number of hydrogen-bond donors (Lipinski definition) is 2. The normalized spacial score (nSPS) is 23.3. The summed E-state index contributed by atoms with van der Waals surface area (Å²) >= 11 is 3.26. The van der Waals surface area contributed by atoms with E-state index in [1.54, 1.807) is 7.05 Å². The van der Waals surface area contributed by atoms with Gasteiger partial charge in [0, 0.05) is 23.8 Å².